The second kappa shape index (κ2) is 2.58. The molecule has 0 radical (unpaired) electrons. The van der Waals surface area contributed by atoms with E-state index < -0.39 is 0 Å². The van der Waals surface area contributed by atoms with Crippen LogP contribution in [0, 0.1) is 5.92 Å². The fraction of sp³-hybridized carbons (Fsp3) is 0.700. The number of aromatic nitrogens is 2. The number of rotatable bonds is 2. The van der Waals surface area contributed by atoms with Crippen molar-refractivity contribution in [2.45, 2.75) is 31.7 Å². The summed E-state index contributed by atoms with van der Waals surface area (Å²) < 4.78 is 2.13. The number of fused-ring (bicyclic) bond motifs is 1. The molecule has 1 saturated carbocycles. The van der Waals surface area contributed by atoms with Crippen LogP contribution in [0.25, 0.3) is 0 Å². The third-order valence-corrected chi connectivity index (χ3v) is 3.22. The van der Waals surface area contributed by atoms with Gasteiger partial charge in [-0.3, -0.25) is 4.68 Å². The molecule has 70 valence electrons. The number of nitrogens with zero attached hydrogens (tertiary/aromatic N) is 2. The zero-order valence-electron chi connectivity index (χ0n) is 7.61. The van der Waals surface area contributed by atoms with Crippen LogP contribution >= 0.6 is 0 Å². The van der Waals surface area contributed by atoms with Crippen molar-refractivity contribution >= 4 is 0 Å². The van der Waals surface area contributed by atoms with E-state index in [0.717, 1.165) is 13.0 Å². The Labute approximate surface area is 77.4 Å². The highest BCUT2D eigenvalue weighted by atomic mass is 16.3. The van der Waals surface area contributed by atoms with E-state index in [0.29, 0.717) is 18.4 Å². The molecular formula is C10H14N2O. The van der Waals surface area contributed by atoms with Crippen molar-refractivity contribution in [3.8, 4) is 0 Å². The van der Waals surface area contributed by atoms with E-state index in [4.69, 9.17) is 5.11 Å². The minimum absolute atomic E-state index is 0.326. The van der Waals surface area contributed by atoms with Crippen LogP contribution in [0.1, 0.15) is 30.1 Å². The van der Waals surface area contributed by atoms with Gasteiger partial charge in [0.15, 0.2) is 0 Å². The lowest BCUT2D eigenvalue weighted by atomic mass is 10.2. The fourth-order valence-electron chi connectivity index (χ4n) is 2.28. The topological polar surface area (TPSA) is 38.0 Å². The summed E-state index contributed by atoms with van der Waals surface area (Å²) >= 11 is 0. The average molecular weight is 178 g/mol. The molecule has 2 aliphatic rings. The van der Waals surface area contributed by atoms with Gasteiger partial charge < -0.3 is 5.11 Å². The molecule has 2 atom stereocenters. The molecule has 0 aromatic carbocycles. The summed E-state index contributed by atoms with van der Waals surface area (Å²) in [5.74, 6) is 1.05. The molecule has 0 bridgehead atoms. The van der Waals surface area contributed by atoms with E-state index >= 15 is 0 Å². The van der Waals surface area contributed by atoms with Gasteiger partial charge in [0.2, 0.25) is 0 Å². The Bertz CT molecular complexity index is 310. The van der Waals surface area contributed by atoms with Crippen LogP contribution in [-0.2, 0) is 13.0 Å². The number of aliphatic hydroxyl groups excluding tert-OH is 1. The van der Waals surface area contributed by atoms with E-state index in [1.54, 1.807) is 0 Å². The van der Waals surface area contributed by atoms with Gasteiger partial charge in [-0.05, 0) is 31.2 Å². The molecule has 2 heterocycles. The predicted octanol–water partition coefficient (Wildman–Crippen LogP) is 0.925. The summed E-state index contributed by atoms with van der Waals surface area (Å²) in [4.78, 5) is 0. The lowest BCUT2D eigenvalue weighted by Crippen LogP contribution is -1.96. The summed E-state index contributed by atoms with van der Waals surface area (Å²) in [5.41, 5.74) is 2.60. The van der Waals surface area contributed by atoms with Crippen molar-refractivity contribution < 1.29 is 5.11 Å². The Morgan fingerprint density at radius 1 is 1.62 bits per heavy atom. The molecule has 1 aliphatic carbocycles. The van der Waals surface area contributed by atoms with E-state index in [2.05, 4.69) is 15.8 Å². The monoisotopic (exact) mass is 178 g/mol. The number of hydrogen-bond acceptors (Lipinski definition) is 2. The van der Waals surface area contributed by atoms with Crippen molar-refractivity contribution in [1.82, 2.24) is 9.78 Å². The molecule has 3 nitrogen and oxygen atoms in total. The molecule has 13 heavy (non-hydrogen) atoms. The van der Waals surface area contributed by atoms with Gasteiger partial charge in [0, 0.05) is 24.8 Å². The highest BCUT2D eigenvalue weighted by Gasteiger charge is 2.39. The Morgan fingerprint density at radius 3 is 3.23 bits per heavy atom. The van der Waals surface area contributed by atoms with E-state index in [9.17, 15) is 0 Å². The smallest absolute Gasteiger partial charge is 0.0662 e. The van der Waals surface area contributed by atoms with E-state index in [1.165, 1.54) is 24.2 Å². The minimum atomic E-state index is 0.326. The van der Waals surface area contributed by atoms with Crippen molar-refractivity contribution in [3.05, 3.63) is 17.5 Å². The standard InChI is InChI=1S/C10H14N2O/c13-6-7-4-9(7)10-5-8-2-1-3-12(8)11-10/h5,7,9,13H,1-4,6H2/t7-,9+/m1/s1. The van der Waals surface area contributed by atoms with Gasteiger partial charge in [-0.25, -0.2) is 0 Å². The van der Waals surface area contributed by atoms with Gasteiger partial charge in [-0.15, -0.1) is 0 Å². The minimum Gasteiger partial charge on any atom is -0.396 e. The van der Waals surface area contributed by atoms with Gasteiger partial charge in [-0.2, -0.15) is 5.10 Å². The lowest BCUT2D eigenvalue weighted by Gasteiger charge is -1.93. The first-order valence-electron chi connectivity index (χ1n) is 5.06. The highest BCUT2D eigenvalue weighted by Crippen LogP contribution is 2.46. The number of aryl methyl sites for hydroxylation is 2. The maximum Gasteiger partial charge on any atom is 0.0662 e. The Kier molecular flexibility index (Phi) is 1.50. The van der Waals surface area contributed by atoms with Crippen LogP contribution in [0.4, 0.5) is 0 Å². The number of aliphatic hydroxyl groups is 1. The molecular weight excluding hydrogens is 164 g/mol. The molecule has 0 unspecified atom stereocenters. The first-order chi connectivity index (χ1) is 6.38. The third kappa shape index (κ3) is 1.10. The molecule has 3 heteroatoms. The molecule has 0 amide bonds. The summed E-state index contributed by atoms with van der Waals surface area (Å²) in [6.07, 6.45) is 3.56. The zero-order chi connectivity index (χ0) is 8.84. The fourth-order valence-corrected chi connectivity index (χ4v) is 2.28. The number of hydrogen-bond donors (Lipinski definition) is 1. The van der Waals surface area contributed by atoms with Crippen LogP contribution in [0.2, 0.25) is 0 Å². The van der Waals surface area contributed by atoms with E-state index in [1.807, 2.05) is 0 Å². The van der Waals surface area contributed by atoms with Gasteiger partial charge in [0.25, 0.3) is 0 Å². The van der Waals surface area contributed by atoms with Crippen LogP contribution in [0.3, 0.4) is 0 Å². The largest absolute Gasteiger partial charge is 0.396 e. The summed E-state index contributed by atoms with van der Waals surface area (Å²) in [6, 6.07) is 2.23. The maximum absolute atomic E-state index is 8.95. The molecule has 1 aliphatic heterocycles. The zero-order valence-corrected chi connectivity index (χ0v) is 7.61. The summed E-state index contributed by atoms with van der Waals surface area (Å²) in [6.45, 7) is 1.42. The normalized spacial score (nSPS) is 30.5. The van der Waals surface area contributed by atoms with Gasteiger partial charge >= 0.3 is 0 Å². The van der Waals surface area contributed by atoms with Crippen molar-refractivity contribution in [2.75, 3.05) is 6.61 Å². The van der Waals surface area contributed by atoms with Crippen LogP contribution in [0.15, 0.2) is 6.07 Å². The summed E-state index contributed by atoms with van der Waals surface area (Å²) in [7, 11) is 0. The lowest BCUT2D eigenvalue weighted by molar-refractivity contribution is 0.273. The molecule has 3 rings (SSSR count). The molecule has 1 N–H and O–H groups in total. The van der Waals surface area contributed by atoms with E-state index in [-0.39, 0.29) is 0 Å². The van der Waals surface area contributed by atoms with Crippen molar-refractivity contribution in [1.29, 1.82) is 0 Å². The SMILES string of the molecule is OC[C@H]1C[C@@H]1c1cc2n(n1)CCC2. The van der Waals surface area contributed by atoms with Gasteiger partial charge in [-0.1, -0.05) is 0 Å². The third-order valence-electron chi connectivity index (χ3n) is 3.22. The predicted molar refractivity (Wildman–Crippen MR) is 48.5 cm³/mol. The Morgan fingerprint density at radius 2 is 2.54 bits per heavy atom. The molecule has 1 aromatic rings. The van der Waals surface area contributed by atoms with Crippen LogP contribution < -0.4 is 0 Å². The second-order valence-electron chi connectivity index (χ2n) is 4.17. The van der Waals surface area contributed by atoms with Crippen molar-refractivity contribution in [3.63, 3.8) is 0 Å². The highest BCUT2D eigenvalue weighted by molar-refractivity contribution is 5.22. The average Bonchev–Trinajstić information content (AvgIpc) is 2.60. The van der Waals surface area contributed by atoms with Crippen molar-refractivity contribution in [2.24, 2.45) is 5.92 Å². The van der Waals surface area contributed by atoms with Crippen LogP contribution in [0.5, 0.6) is 0 Å². The Balaban J connectivity index is 1.84. The van der Waals surface area contributed by atoms with Crippen LogP contribution in [-0.4, -0.2) is 21.5 Å². The molecule has 0 saturated heterocycles. The molecule has 1 aromatic heterocycles. The summed E-state index contributed by atoms with van der Waals surface area (Å²) in [5, 5.41) is 13.5. The maximum atomic E-state index is 8.95. The first kappa shape index (κ1) is 7.56. The first-order valence-corrected chi connectivity index (χ1v) is 5.06. The van der Waals surface area contributed by atoms with Gasteiger partial charge in [0.05, 0.1) is 5.69 Å². The molecule has 0 spiro atoms. The molecule has 1 fully saturated rings. The van der Waals surface area contributed by atoms with Gasteiger partial charge in [0.1, 0.15) is 0 Å². The second-order valence-corrected chi connectivity index (χ2v) is 4.17. The Hall–Kier alpha value is -0.830. The quantitative estimate of drug-likeness (QED) is 0.731.